The molecule has 2 aromatic rings. The molecule has 2 rings (SSSR count). The predicted octanol–water partition coefficient (Wildman–Crippen LogP) is 1.58. The molecule has 1 aromatic heterocycles. The maximum absolute atomic E-state index is 11.1. The molecule has 0 radical (unpaired) electrons. The van der Waals surface area contributed by atoms with Gasteiger partial charge in [-0.3, -0.25) is 0 Å². The van der Waals surface area contributed by atoms with Crippen molar-refractivity contribution in [2.24, 2.45) is 0 Å². The van der Waals surface area contributed by atoms with Crippen LogP contribution in [-0.4, -0.2) is 31.9 Å². The highest BCUT2D eigenvalue weighted by molar-refractivity contribution is 5.92. The Kier molecular flexibility index (Phi) is 2.85. The number of nitrogens with zero attached hydrogens (tertiary/aromatic N) is 2. The molecule has 0 aliphatic heterocycles. The maximum atomic E-state index is 11.1. The molecule has 0 unspecified atom stereocenters. The lowest BCUT2D eigenvalue weighted by Crippen LogP contribution is -2.08. The van der Waals surface area contributed by atoms with E-state index in [1.807, 2.05) is 0 Å². The van der Waals surface area contributed by atoms with Crippen LogP contribution in [0, 0.1) is 6.92 Å². The van der Waals surface area contributed by atoms with Crippen molar-refractivity contribution in [1.29, 1.82) is 0 Å². The Balaban J connectivity index is 2.62. The van der Waals surface area contributed by atoms with Crippen LogP contribution in [-0.2, 0) is 0 Å². The SMILES string of the molecule is Cc1cc(C(=O)O)nn1-c1ccccc1C(=O)O. The lowest BCUT2D eigenvalue weighted by atomic mass is 10.2. The number of benzene rings is 1. The monoisotopic (exact) mass is 246 g/mol. The van der Waals surface area contributed by atoms with Crippen LogP contribution in [0.1, 0.15) is 26.5 Å². The zero-order valence-electron chi connectivity index (χ0n) is 9.49. The molecule has 0 aliphatic rings. The number of aromatic nitrogens is 2. The Bertz CT molecular complexity index is 631. The minimum absolute atomic E-state index is 0.0700. The van der Waals surface area contributed by atoms with Gasteiger partial charge in [0.1, 0.15) is 0 Å². The van der Waals surface area contributed by atoms with E-state index < -0.39 is 11.9 Å². The number of aromatic carboxylic acids is 2. The molecule has 2 N–H and O–H groups in total. The van der Waals surface area contributed by atoms with Crippen molar-refractivity contribution < 1.29 is 19.8 Å². The first-order valence-corrected chi connectivity index (χ1v) is 5.13. The van der Waals surface area contributed by atoms with Crippen LogP contribution in [0.5, 0.6) is 0 Å². The summed E-state index contributed by atoms with van der Waals surface area (Å²) in [5.74, 6) is -2.23. The van der Waals surface area contributed by atoms with Crippen LogP contribution in [0.2, 0.25) is 0 Å². The van der Waals surface area contributed by atoms with Crippen molar-refractivity contribution in [3.05, 3.63) is 47.3 Å². The van der Waals surface area contributed by atoms with Crippen molar-refractivity contribution in [1.82, 2.24) is 9.78 Å². The minimum Gasteiger partial charge on any atom is -0.478 e. The quantitative estimate of drug-likeness (QED) is 0.857. The molecule has 0 saturated carbocycles. The van der Waals surface area contributed by atoms with Crippen LogP contribution in [0.4, 0.5) is 0 Å². The Morgan fingerprint density at radius 3 is 2.39 bits per heavy atom. The van der Waals surface area contributed by atoms with Crippen molar-refractivity contribution in [2.75, 3.05) is 0 Å². The van der Waals surface area contributed by atoms with E-state index in [0.29, 0.717) is 11.4 Å². The summed E-state index contributed by atoms with van der Waals surface area (Å²) in [4.78, 5) is 21.9. The molecule has 6 heteroatoms. The minimum atomic E-state index is -1.15. The zero-order chi connectivity index (χ0) is 13.3. The number of rotatable bonds is 3. The Hall–Kier alpha value is -2.63. The lowest BCUT2D eigenvalue weighted by Gasteiger charge is -2.07. The van der Waals surface area contributed by atoms with Gasteiger partial charge in [0.15, 0.2) is 5.69 Å². The highest BCUT2D eigenvalue weighted by Crippen LogP contribution is 2.17. The van der Waals surface area contributed by atoms with E-state index in [0.717, 1.165) is 0 Å². The van der Waals surface area contributed by atoms with Crippen molar-refractivity contribution >= 4 is 11.9 Å². The second-order valence-corrected chi connectivity index (χ2v) is 3.71. The van der Waals surface area contributed by atoms with Gasteiger partial charge in [-0.1, -0.05) is 12.1 Å². The first kappa shape index (κ1) is 11.8. The molecule has 1 heterocycles. The average Bonchev–Trinajstić information content (AvgIpc) is 2.71. The average molecular weight is 246 g/mol. The molecule has 0 atom stereocenters. The Labute approximate surface area is 102 Å². The lowest BCUT2D eigenvalue weighted by molar-refractivity contribution is 0.0684. The van der Waals surface area contributed by atoms with Crippen LogP contribution < -0.4 is 0 Å². The van der Waals surface area contributed by atoms with E-state index in [1.54, 1.807) is 25.1 Å². The van der Waals surface area contributed by atoms with Crippen molar-refractivity contribution in [2.45, 2.75) is 6.92 Å². The number of hydrogen-bond acceptors (Lipinski definition) is 3. The van der Waals surface area contributed by atoms with Gasteiger partial charge in [0.25, 0.3) is 0 Å². The second kappa shape index (κ2) is 4.33. The van der Waals surface area contributed by atoms with Gasteiger partial charge in [-0.2, -0.15) is 5.10 Å². The summed E-state index contributed by atoms with van der Waals surface area (Å²) >= 11 is 0. The summed E-state index contributed by atoms with van der Waals surface area (Å²) in [6, 6.07) is 7.68. The fourth-order valence-electron chi connectivity index (χ4n) is 1.66. The highest BCUT2D eigenvalue weighted by atomic mass is 16.4. The fourth-order valence-corrected chi connectivity index (χ4v) is 1.66. The summed E-state index contributed by atoms with van der Waals surface area (Å²) in [6.07, 6.45) is 0. The Morgan fingerprint density at radius 1 is 1.17 bits per heavy atom. The molecular formula is C12H10N2O4. The molecule has 1 aromatic carbocycles. The van der Waals surface area contributed by atoms with Gasteiger partial charge < -0.3 is 10.2 Å². The summed E-state index contributed by atoms with van der Waals surface area (Å²) < 4.78 is 1.31. The second-order valence-electron chi connectivity index (χ2n) is 3.71. The third-order valence-electron chi connectivity index (χ3n) is 2.47. The predicted molar refractivity (Wildman–Crippen MR) is 62.2 cm³/mol. The molecule has 0 saturated heterocycles. The van der Waals surface area contributed by atoms with Crippen LogP contribution in [0.15, 0.2) is 30.3 Å². The number of carboxylic acids is 2. The Morgan fingerprint density at radius 2 is 1.83 bits per heavy atom. The molecular weight excluding hydrogens is 236 g/mol. The van der Waals surface area contributed by atoms with Gasteiger partial charge in [0.2, 0.25) is 0 Å². The number of para-hydroxylation sites is 1. The topological polar surface area (TPSA) is 92.4 Å². The van der Waals surface area contributed by atoms with Gasteiger partial charge in [-0.25, -0.2) is 14.3 Å². The summed E-state index contributed by atoms with van der Waals surface area (Å²) in [7, 11) is 0. The normalized spacial score (nSPS) is 10.3. The van der Waals surface area contributed by atoms with E-state index in [4.69, 9.17) is 10.2 Å². The molecule has 6 nitrogen and oxygen atoms in total. The molecule has 0 aliphatic carbocycles. The molecule has 0 fully saturated rings. The van der Waals surface area contributed by atoms with Gasteiger partial charge >= 0.3 is 11.9 Å². The van der Waals surface area contributed by atoms with E-state index >= 15 is 0 Å². The van der Waals surface area contributed by atoms with Gasteiger partial charge in [0, 0.05) is 5.69 Å². The zero-order valence-corrected chi connectivity index (χ0v) is 9.49. The number of carboxylic acid groups (broad SMARTS) is 2. The van der Waals surface area contributed by atoms with Crippen molar-refractivity contribution in [3.8, 4) is 5.69 Å². The van der Waals surface area contributed by atoms with E-state index in [2.05, 4.69) is 5.10 Å². The molecule has 0 spiro atoms. The molecule has 18 heavy (non-hydrogen) atoms. The van der Waals surface area contributed by atoms with Crippen LogP contribution in [0.25, 0.3) is 5.69 Å². The summed E-state index contributed by atoms with van der Waals surface area (Å²) in [5.41, 5.74) is 0.851. The van der Waals surface area contributed by atoms with Crippen LogP contribution in [0.3, 0.4) is 0 Å². The smallest absolute Gasteiger partial charge is 0.356 e. The maximum Gasteiger partial charge on any atom is 0.356 e. The summed E-state index contributed by atoms with van der Waals surface area (Å²) in [6.45, 7) is 1.66. The third-order valence-corrected chi connectivity index (χ3v) is 2.47. The number of hydrogen-bond donors (Lipinski definition) is 2. The first-order valence-electron chi connectivity index (χ1n) is 5.13. The highest BCUT2D eigenvalue weighted by Gasteiger charge is 2.16. The number of carbonyl (C=O) groups is 2. The van der Waals surface area contributed by atoms with E-state index in [-0.39, 0.29) is 11.3 Å². The molecule has 92 valence electrons. The van der Waals surface area contributed by atoms with Crippen molar-refractivity contribution in [3.63, 3.8) is 0 Å². The van der Waals surface area contributed by atoms with Crippen LogP contribution >= 0.6 is 0 Å². The number of aryl methyl sites for hydroxylation is 1. The third kappa shape index (κ3) is 1.95. The molecule has 0 bridgehead atoms. The standard InChI is InChI=1S/C12H10N2O4/c1-7-6-9(12(17)18)13-14(7)10-5-3-2-4-8(10)11(15)16/h2-6H,1H3,(H,15,16)(H,17,18). The van der Waals surface area contributed by atoms with E-state index in [9.17, 15) is 9.59 Å². The van der Waals surface area contributed by atoms with Gasteiger partial charge in [-0.15, -0.1) is 0 Å². The van der Waals surface area contributed by atoms with Gasteiger partial charge in [-0.05, 0) is 25.1 Å². The van der Waals surface area contributed by atoms with E-state index in [1.165, 1.54) is 16.8 Å². The molecule has 0 amide bonds. The first-order chi connectivity index (χ1) is 8.50. The summed E-state index contributed by atoms with van der Waals surface area (Å²) in [5, 5.41) is 21.8. The largest absolute Gasteiger partial charge is 0.478 e. The van der Waals surface area contributed by atoms with Gasteiger partial charge in [0.05, 0.1) is 11.3 Å². The fraction of sp³-hybridized carbons (Fsp3) is 0.0833.